The fourth-order valence-corrected chi connectivity index (χ4v) is 1.33. The Morgan fingerprint density at radius 2 is 2.09 bits per heavy atom. The van der Waals surface area contributed by atoms with Crippen molar-refractivity contribution in [3.05, 3.63) is 12.8 Å². The van der Waals surface area contributed by atoms with Crippen molar-refractivity contribution >= 4 is 5.97 Å². The molecule has 1 heterocycles. The number of likely N-dealkylation sites (tertiary alicyclic amines) is 1. The summed E-state index contributed by atoms with van der Waals surface area (Å²) in [6.07, 6.45) is 3.28. The molecule has 3 nitrogen and oxygen atoms in total. The fraction of sp³-hybridized carbons (Fsp3) is 0.625. The van der Waals surface area contributed by atoms with Crippen LogP contribution in [0.3, 0.4) is 0 Å². The van der Waals surface area contributed by atoms with Crippen LogP contribution in [-0.4, -0.2) is 29.1 Å². The minimum absolute atomic E-state index is 0.133. The highest BCUT2D eigenvalue weighted by Gasteiger charge is 2.22. The lowest BCUT2D eigenvalue weighted by Gasteiger charge is -2.28. The molecule has 0 bridgehead atoms. The predicted molar refractivity (Wildman–Crippen MR) is 42.1 cm³/mol. The van der Waals surface area contributed by atoms with Gasteiger partial charge >= 0.3 is 5.97 Å². The Balaban J connectivity index is 2.35. The van der Waals surface area contributed by atoms with E-state index in [9.17, 15) is 4.79 Å². The quantitative estimate of drug-likeness (QED) is 0.644. The first-order valence-electron chi connectivity index (χ1n) is 3.83. The largest absolute Gasteiger partial charge is 0.481 e. The van der Waals surface area contributed by atoms with Crippen molar-refractivity contribution in [3.8, 4) is 0 Å². The first kappa shape index (κ1) is 8.11. The van der Waals surface area contributed by atoms with Crippen LogP contribution in [-0.2, 0) is 4.79 Å². The van der Waals surface area contributed by atoms with Crippen molar-refractivity contribution < 1.29 is 9.90 Å². The number of piperidine rings is 1. The third-order valence-electron chi connectivity index (χ3n) is 2.14. The Kier molecular flexibility index (Phi) is 2.52. The third kappa shape index (κ3) is 1.97. The maximum Gasteiger partial charge on any atom is 0.306 e. The molecule has 1 N–H and O–H groups in total. The molecule has 1 aliphatic rings. The summed E-state index contributed by atoms with van der Waals surface area (Å²) in [7, 11) is 0. The molecule has 0 atom stereocenters. The number of hydrogen-bond donors (Lipinski definition) is 1. The minimum Gasteiger partial charge on any atom is -0.481 e. The van der Waals surface area contributed by atoms with E-state index in [2.05, 4.69) is 11.5 Å². The monoisotopic (exact) mass is 155 g/mol. The van der Waals surface area contributed by atoms with Gasteiger partial charge in [-0.1, -0.05) is 6.58 Å². The van der Waals surface area contributed by atoms with Gasteiger partial charge in [0.15, 0.2) is 0 Å². The summed E-state index contributed by atoms with van der Waals surface area (Å²) in [5.74, 6) is -0.792. The topological polar surface area (TPSA) is 40.5 Å². The zero-order chi connectivity index (χ0) is 8.27. The molecule has 1 aliphatic heterocycles. The minimum atomic E-state index is -0.659. The summed E-state index contributed by atoms with van der Waals surface area (Å²) in [5.41, 5.74) is 0. The molecule has 0 saturated carbocycles. The molecule has 62 valence electrons. The van der Waals surface area contributed by atoms with Gasteiger partial charge in [0.25, 0.3) is 0 Å². The summed E-state index contributed by atoms with van der Waals surface area (Å²) in [6.45, 7) is 5.30. The van der Waals surface area contributed by atoms with Crippen molar-refractivity contribution in [3.63, 3.8) is 0 Å². The second kappa shape index (κ2) is 3.42. The van der Waals surface area contributed by atoms with E-state index in [4.69, 9.17) is 5.11 Å². The van der Waals surface area contributed by atoms with Crippen LogP contribution in [0.5, 0.6) is 0 Å². The van der Waals surface area contributed by atoms with Crippen LogP contribution < -0.4 is 0 Å². The summed E-state index contributed by atoms with van der Waals surface area (Å²) in [4.78, 5) is 12.6. The standard InChI is InChI=1S/C8H13NO2/c1-2-9-5-3-7(4-6-9)8(10)11/h2,7H,1,3-6H2,(H,10,11). The van der Waals surface area contributed by atoms with Crippen molar-refractivity contribution in [2.75, 3.05) is 13.1 Å². The highest BCUT2D eigenvalue weighted by molar-refractivity contribution is 5.70. The van der Waals surface area contributed by atoms with E-state index in [1.807, 2.05) is 0 Å². The van der Waals surface area contributed by atoms with Crippen LogP contribution in [0.15, 0.2) is 12.8 Å². The van der Waals surface area contributed by atoms with Gasteiger partial charge in [0.1, 0.15) is 0 Å². The zero-order valence-corrected chi connectivity index (χ0v) is 6.49. The summed E-state index contributed by atoms with van der Waals surface area (Å²) in [6, 6.07) is 0. The maximum atomic E-state index is 10.5. The van der Waals surface area contributed by atoms with E-state index in [0.29, 0.717) is 0 Å². The molecule has 0 spiro atoms. The number of aliphatic carboxylic acids is 1. The Morgan fingerprint density at radius 3 is 2.45 bits per heavy atom. The highest BCUT2D eigenvalue weighted by Crippen LogP contribution is 2.16. The smallest absolute Gasteiger partial charge is 0.306 e. The predicted octanol–water partition coefficient (Wildman–Crippen LogP) is 0.926. The number of nitrogens with zero attached hydrogens (tertiary/aromatic N) is 1. The lowest BCUT2D eigenvalue weighted by molar-refractivity contribution is -0.143. The van der Waals surface area contributed by atoms with E-state index >= 15 is 0 Å². The maximum absolute atomic E-state index is 10.5. The van der Waals surface area contributed by atoms with Crippen molar-refractivity contribution in [1.29, 1.82) is 0 Å². The molecule has 1 fully saturated rings. The van der Waals surface area contributed by atoms with Gasteiger partial charge < -0.3 is 10.0 Å². The normalized spacial score (nSPS) is 19.8. The van der Waals surface area contributed by atoms with E-state index in [1.54, 1.807) is 6.20 Å². The molecule has 1 saturated heterocycles. The van der Waals surface area contributed by atoms with Gasteiger partial charge in [0.2, 0.25) is 0 Å². The second-order valence-corrected chi connectivity index (χ2v) is 2.83. The van der Waals surface area contributed by atoms with Crippen LogP contribution in [0.25, 0.3) is 0 Å². The Morgan fingerprint density at radius 1 is 1.55 bits per heavy atom. The van der Waals surface area contributed by atoms with E-state index in [1.165, 1.54) is 0 Å². The summed E-state index contributed by atoms with van der Waals surface area (Å²) < 4.78 is 0. The Bertz CT molecular complexity index is 159. The van der Waals surface area contributed by atoms with Crippen LogP contribution in [0.1, 0.15) is 12.8 Å². The molecule has 0 amide bonds. The van der Waals surface area contributed by atoms with Crippen LogP contribution in [0, 0.1) is 5.92 Å². The summed E-state index contributed by atoms with van der Waals surface area (Å²) >= 11 is 0. The van der Waals surface area contributed by atoms with Gasteiger partial charge in [0, 0.05) is 13.1 Å². The SMILES string of the molecule is C=CN1CCC(C(=O)O)CC1. The molecule has 0 aromatic heterocycles. The first-order valence-corrected chi connectivity index (χ1v) is 3.83. The Labute approximate surface area is 66.3 Å². The van der Waals surface area contributed by atoms with Gasteiger partial charge in [-0.05, 0) is 19.0 Å². The average molecular weight is 155 g/mol. The number of rotatable bonds is 2. The molecular formula is C8H13NO2. The van der Waals surface area contributed by atoms with Crippen molar-refractivity contribution in [2.24, 2.45) is 5.92 Å². The molecule has 1 rings (SSSR count). The first-order chi connectivity index (χ1) is 5.24. The second-order valence-electron chi connectivity index (χ2n) is 2.83. The van der Waals surface area contributed by atoms with E-state index in [0.717, 1.165) is 25.9 Å². The third-order valence-corrected chi connectivity index (χ3v) is 2.14. The molecule has 3 heteroatoms. The van der Waals surface area contributed by atoms with Gasteiger partial charge in [-0.3, -0.25) is 4.79 Å². The van der Waals surface area contributed by atoms with Crippen molar-refractivity contribution in [2.45, 2.75) is 12.8 Å². The Hall–Kier alpha value is -0.990. The van der Waals surface area contributed by atoms with Crippen LogP contribution in [0.2, 0.25) is 0 Å². The van der Waals surface area contributed by atoms with Gasteiger partial charge in [-0.2, -0.15) is 0 Å². The van der Waals surface area contributed by atoms with Crippen molar-refractivity contribution in [1.82, 2.24) is 4.90 Å². The lowest BCUT2D eigenvalue weighted by atomic mass is 9.97. The molecule has 0 radical (unpaired) electrons. The zero-order valence-electron chi connectivity index (χ0n) is 6.49. The van der Waals surface area contributed by atoms with Gasteiger partial charge in [-0.25, -0.2) is 0 Å². The lowest BCUT2D eigenvalue weighted by Crippen LogP contribution is -2.32. The van der Waals surface area contributed by atoms with Crippen LogP contribution >= 0.6 is 0 Å². The number of hydrogen-bond acceptors (Lipinski definition) is 2. The molecular weight excluding hydrogens is 142 g/mol. The number of carbonyl (C=O) groups is 1. The number of carboxylic acid groups (broad SMARTS) is 1. The van der Waals surface area contributed by atoms with Crippen LogP contribution in [0.4, 0.5) is 0 Å². The average Bonchev–Trinajstić information content (AvgIpc) is 2.05. The fourth-order valence-electron chi connectivity index (χ4n) is 1.33. The number of carboxylic acids is 1. The summed E-state index contributed by atoms with van der Waals surface area (Å²) in [5, 5.41) is 8.65. The van der Waals surface area contributed by atoms with Gasteiger partial charge in [-0.15, -0.1) is 0 Å². The van der Waals surface area contributed by atoms with E-state index < -0.39 is 5.97 Å². The molecule has 0 aliphatic carbocycles. The highest BCUT2D eigenvalue weighted by atomic mass is 16.4. The molecule has 0 aromatic rings. The molecule has 11 heavy (non-hydrogen) atoms. The van der Waals surface area contributed by atoms with Gasteiger partial charge in [0.05, 0.1) is 5.92 Å². The molecule has 0 unspecified atom stereocenters. The molecule has 0 aromatic carbocycles. The van der Waals surface area contributed by atoms with E-state index in [-0.39, 0.29) is 5.92 Å².